The van der Waals surface area contributed by atoms with E-state index in [0.29, 0.717) is 11.5 Å². The van der Waals surface area contributed by atoms with Crippen molar-refractivity contribution in [3.8, 4) is 0 Å². The molecule has 1 aliphatic rings. The zero-order valence-electron chi connectivity index (χ0n) is 12.4. The van der Waals surface area contributed by atoms with Crippen LogP contribution in [0.5, 0.6) is 0 Å². The lowest BCUT2D eigenvalue weighted by molar-refractivity contribution is 0.0954. The summed E-state index contributed by atoms with van der Waals surface area (Å²) >= 11 is 0. The largest absolute Gasteiger partial charge is 0.271 e. The van der Waals surface area contributed by atoms with Crippen molar-refractivity contribution in [3.05, 3.63) is 66.0 Å². The van der Waals surface area contributed by atoms with E-state index in [9.17, 15) is 4.79 Å². The third-order valence-corrected chi connectivity index (χ3v) is 4.09. The Bertz CT molecular complexity index is 643. The third-order valence-electron chi connectivity index (χ3n) is 4.09. The number of aromatic nitrogens is 1. The maximum Gasteiger partial charge on any atom is 0.271 e. The predicted octanol–water partition coefficient (Wildman–Crippen LogP) is 3.53. The average Bonchev–Trinajstić information content (AvgIpc) is 2.61. The Labute approximate surface area is 130 Å². The smallest absolute Gasteiger partial charge is 0.267 e. The van der Waals surface area contributed by atoms with Crippen LogP contribution in [-0.4, -0.2) is 16.6 Å². The molecule has 1 aliphatic carbocycles. The Morgan fingerprint density at radius 2 is 1.73 bits per heavy atom. The van der Waals surface area contributed by atoms with Gasteiger partial charge < -0.3 is 0 Å². The molecule has 112 valence electrons. The lowest BCUT2D eigenvalue weighted by Gasteiger charge is -2.23. The van der Waals surface area contributed by atoms with E-state index in [1.165, 1.54) is 5.56 Å². The summed E-state index contributed by atoms with van der Waals surface area (Å²) in [6.45, 7) is 0. The van der Waals surface area contributed by atoms with Gasteiger partial charge in [-0.2, -0.15) is 5.10 Å². The number of carbonyl (C=O) groups is 1. The SMILES string of the molecule is O=C(NN=C1CCC(c2ccccc2)CC1)c1ccncc1. The highest BCUT2D eigenvalue weighted by atomic mass is 16.2. The standard InChI is InChI=1S/C18H19N3O/c22-18(16-10-12-19-13-11-16)21-20-17-8-6-15(7-9-17)14-4-2-1-3-5-14/h1-5,10-13,15H,6-9H2,(H,21,22). The summed E-state index contributed by atoms with van der Waals surface area (Å²) in [6.07, 6.45) is 7.27. The Morgan fingerprint density at radius 3 is 2.41 bits per heavy atom. The van der Waals surface area contributed by atoms with Gasteiger partial charge in [0.1, 0.15) is 0 Å². The van der Waals surface area contributed by atoms with Gasteiger partial charge in [-0.1, -0.05) is 30.3 Å². The molecule has 0 saturated heterocycles. The zero-order valence-corrected chi connectivity index (χ0v) is 12.4. The molecule has 0 radical (unpaired) electrons. The van der Waals surface area contributed by atoms with Crippen molar-refractivity contribution in [1.82, 2.24) is 10.4 Å². The van der Waals surface area contributed by atoms with Gasteiger partial charge in [0.25, 0.3) is 5.91 Å². The van der Waals surface area contributed by atoms with Gasteiger partial charge in [0.15, 0.2) is 0 Å². The molecule has 4 heteroatoms. The molecule has 0 unspecified atom stereocenters. The van der Waals surface area contributed by atoms with Crippen molar-refractivity contribution in [3.63, 3.8) is 0 Å². The highest BCUT2D eigenvalue weighted by Gasteiger charge is 2.19. The Hall–Kier alpha value is -2.49. The number of nitrogens with one attached hydrogen (secondary N) is 1. The zero-order chi connectivity index (χ0) is 15.2. The van der Waals surface area contributed by atoms with Gasteiger partial charge in [-0.25, -0.2) is 5.43 Å². The molecule has 2 aromatic rings. The number of hydrogen-bond donors (Lipinski definition) is 1. The number of hydrazone groups is 1. The van der Waals surface area contributed by atoms with Crippen molar-refractivity contribution in [2.75, 3.05) is 0 Å². The lowest BCUT2D eigenvalue weighted by Crippen LogP contribution is -2.22. The van der Waals surface area contributed by atoms with Crippen LogP contribution in [-0.2, 0) is 0 Å². The number of carbonyl (C=O) groups excluding carboxylic acids is 1. The van der Waals surface area contributed by atoms with Crippen LogP contribution in [0.1, 0.15) is 47.5 Å². The second-order valence-corrected chi connectivity index (χ2v) is 5.54. The van der Waals surface area contributed by atoms with E-state index in [1.54, 1.807) is 24.5 Å². The van der Waals surface area contributed by atoms with Crippen molar-refractivity contribution in [2.24, 2.45) is 5.10 Å². The number of hydrogen-bond acceptors (Lipinski definition) is 3. The molecule has 1 N–H and O–H groups in total. The van der Waals surface area contributed by atoms with Gasteiger partial charge in [0.2, 0.25) is 0 Å². The van der Waals surface area contributed by atoms with Gasteiger partial charge in [0, 0.05) is 23.7 Å². The van der Waals surface area contributed by atoms with Crippen LogP contribution in [0.2, 0.25) is 0 Å². The molecular formula is C18H19N3O. The van der Waals surface area contributed by atoms with E-state index < -0.39 is 0 Å². The maximum absolute atomic E-state index is 11.9. The van der Waals surface area contributed by atoms with E-state index in [2.05, 4.69) is 39.8 Å². The van der Waals surface area contributed by atoms with Gasteiger partial charge in [-0.05, 0) is 49.3 Å². The second kappa shape index (κ2) is 6.98. The van der Waals surface area contributed by atoms with Crippen LogP contribution in [0.25, 0.3) is 0 Å². The molecule has 1 amide bonds. The molecule has 0 spiro atoms. The van der Waals surface area contributed by atoms with E-state index >= 15 is 0 Å². The highest BCUT2D eigenvalue weighted by Crippen LogP contribution is 2.31. The number of benzene rings is 1. The Morgan fingerprint density at radius 1 is 1.05 bits per heavy atom. The first-order valence-electron chi connectivity index (χ1n) is 7.63. The molecule has 1 aromatic heterocycles. The molecule has 0 bridgehead atoms. The number of nitrogens with zero attached hydrogens (tertiary/aromatic N) is 2. The first kappa shape index (κ1) is 14.4. The quantitative estimate of drug-likeness (QED) is 0.880. The van der Waals surface area contributed by atoms with E-state index in [4.69, 9.17) is 0 Å². The van der Waals surface area contributed by atoms with Gasteiger partial charge in [-0.3, -0.25) is 9.78 Å². The topological polar surface area (TPSA) is 54.4 Å². The van der Waals surface area contributed by atoms with Crippen LogP contribution in [0.3, 0.4) is 0 Å². The predicted molar refractivity (Wildman–Crippen MR) is 86.8 cm³/mol. The van der Waals surface area contributed by atoms with E-state index in [1.807, 2.05) is 6.07 Å². The summed E-state index contributed by atoms with van der Waals surface area (Å²) in [7, 11) is 0. The molecule has 4 nitrogen and oxygen atoms in total. The molecule has 0 aliphatic heterocycles. The molecular weight excluding hydrogens is 274 g/mol. The Balaban J connectivity index is 1.54. The van der Waals surface area contributed by atoms with Crippen LogP contribution >= 0.6 is 0 Å². The van der Waals surface area contributed by atoms with Gasteiger partial charge in [-0.15, -0.1) is 0 Å². The summed E-state index contributed by atoms with van der Waals surface area (Å²) in [5.74, 6) is 0.427. The van der Waals surface area contributed by atoms with E-state index in [0.717, 1.165) is 31.4 Å². The minimum absolute atomic E-state index is 0.180. The molecule has 1 fully saturated rings. The minimum Gasteiger partial charge on any atom is -0.267 e. The summed E-state index contributed by atoms with van der Waals surface area (Å²) in [4.78, 5) is 15.8. The monoisotopic (exact) mass is 293 g/mol. The summed E-state index contributed by atoms with van der Waals surface area (Å²) < 4.78 is 0. The summed E-state index contributed by atoms with van der Waals surface area (Å²) in [6, 6.07) is 14.0. The first-order valence-corrected chi connectivity index (χ1v) is 7.63. The van der Waals surface area contributed by atoms with Gasteiger partial charge >= 0.3 is 0 Å². The third kappa shape index (κ3) is 3.58. The van der Waals surface area contributed by atoms with Crippen molar-refractivity contribution < 1.29 is 4.79 Å². The maximum atomic E-state index is 11.9. The fourth-order valence-corrected chi connectivity index (χ4v) is 2.82. The fourth-order valence-electron chi connectivity index (χ4n) is 2.82. The number of pyridine rings is 1. The molecule has 1 aromatic carbocycles. The lowest BCUT2D eigenvalue weighted by atomic mass is 9.83. The summed E-state index contributed by atoms with van der Waals surface area (Å²) in [5.41, 5.74) is 5.71. The van der Waals surface area contributed by atoms with Crippen LogP contribution in [0.15, 0.2) is 60.0 Å². The molecule has 3 rings (SSSR count). The molecule has 1 saturated carbocycles. The first-order chi connectivity index (χ1) is 10.8. The summed E-state index contributed by atoms with van der Waals surface area (Å²) in [5, 5.41) is 4.28. The van der Waals surface area contributed by atoms with Crippen molar-refractivity contribution >= 4 is 11.6 Å². The highest BCUT2D eigenvalue weighted by molar-refractivity contribution is 5.95. The average molecular weight is 293 g/mol. The molecule has 0 atom stereocenters. The van der Waals surface area contributed by atoms with Crippen LogP contribution in [0.4, 0.5) is 0 Å². The second-order valence-electron chi connectivity index (χ2n) is 5.54. The van der Waals surface area contributed by atoms with E-state index in [-0.39, 0.29) is 5.91 Å². The fraction of sp³-hybridized carbons (Fsp3) is 0.278. The minimum atomic E-state index is -0.180. The molecule has 1 heterocycles. The van der Waals surface area contributed by atoms with Gasteiger partial charge in [0.05, 0.1) is 0 Å². The molecule has 22 heavy (non-hydrogen) atoms. The van der Waals surface area contributed by atoms with Crippen molar-refractivity contribution in [1.29, 1.82) is 0 Å². The number of amides is 1. The van der Waals surface area contributed by atoms with Crippen molar-refractivity contribution in [2.45, 2.75) is 31.6 Å². The number of rotatable bonds is 3. The normalized spacial score (nSPS) is 17.8. The Kier molecular flexibility index (Phi) is 4.59. The van der Waals surface area contributed by atoms with Crippen LogP contribution in [0, 0.1) is 0 Å². The van der Waals surface area contributed by atoms with Crippen LogP contribution < -0.4 is 5.43 Å².